The highest BCUT2D eigenvalue weighted by atomic mass is 19.2. The van der Waals surface area contributed by atoms with Crippen LogP contribution in [0, 0.1) is 17.6 Å². The molecule has 4 heteroatoms. The third-order valence-electron chi connectivity index (χ3n) is 3.09. The number of hydrogen-bond acceptors (Lipinski definition) is 2. The van der Waals surface area contributed by atoms with Crippen molar-refractivity contribution in [2.45, 2.75) is 12.8 Å². The number of halogens is 2. The second-order valence-corrected chi connectivity index (χ2v) is 4.21. The minimum absolute atomic E-state index is 0.191. The molecule has 1 aliphatic rings. The lowest BCUT2D eigenvalue weighted by Crippen LogP contribution is -2.20. The maximum absolute atomic E-state index is 13.0. The van der Waals surface area contributed by atoms with Crippen LogP contribution in [0.25, 0.3) is 0 Å². The van der Waals surface area contributed by atoms with Gasteiger partial charge in [-0.05, 0) is 30.9 Å². The summed E-state index contributed by atoms with van der Waals surface area (Å²) in [5.74, 6) is -1.16. The highest BCUT2D eigenvalue weighted by Gasteiger charge is 2.22. The fraction of sp³-hybridized carbons (Fsp3) is 0.500. The molecule has 1 fully saturated rings. The molecule has 2 rings (SSSR count). The van der Waals surface area contributed by atoms with Crippen LogP contribution in [0.3, 0.4) is 0 Å². The van der Waals surface area contributed by atoms with Crippen molar-refractivity contribution in [1.29, 1.82) is 0 Å². The monoisotopic (exact) mass is 227 g/mol. The fourth-order valence-electron chi connectivity index (χ4n) is 2.17. The second-order valence-electron chi connectivity index (χ2n) is 4.21. The molecule has 1 aromatic rings. The largest absolute Gasteiger partial charge is 0.396 e. The van der Waals surface area contributed by atoms with Gasteiger partial charge in [-0.15, -0.1) is 0 Å². The van der Waals surface area contributed by atoms with Crippen molar-refractivity contribution in [3.05, 3.63) is 29.8 Å². The van der Waals surface area contributed by atoms with E-state index in [1.165, 1.54) is 6.07 Å². The first kappa shape index (κ1) is 11.3. The summed E-state index contributed by atoms with van der Waals surface area (Å²) >= 11 is 0. The van der Waals surface area contributed by atoms with E-state index < -0.39 is 11.6 Å². The van der Waals surface area contributed by atoms with Gasteiger partial charge in [-0.1, -0.05) is 0 Å². The van der Waals surface area contributed by atoms with Crippen LogP contribution >= 0.6 is 0 Å². The van der Waals surface area contributed by atoms with Crippen molar-refractivity contribution in [3.8, 4) is 0 Å². The molecule has 2 nitrogen and oxygen atoms in total. The fourth-order valence-corrected chi connectivity index (χ4v) is 2.17. The van der Waals surface area contributed by atoms with Gasteiger partial charge in [-0.3, -0.25) is 0 Å². The standard InChI is InChI=1S/C12H15F2NO/c13-11-2-1-10(7-12(11)14)15-5-3-9(8-15)4-6-16/h1-2,7,9,16H,3-6,8H2. The van der Waals surface area contributed by atoms with Crippen LogP contribution in [-0.2, 0) is 0 Å². The van der Waals surface area contributed by atoms with Gasteiger partial charge in [-0.25, -0.2) is 8.78 Å². The first-order valence-corrected chi connectivity index (χ1v) is 5.51. The van der Waals surface area contributed by atoms with Crippen molar-refractivity contribution in [3.63, 3.8) is 0 Å². The Hall–Kier alpha value is -1.16. The van der Waals surface area contributed by atoms with Gasteiger partial charge in [0.1, 0.15) is 0 Å². The van der Waals surface area contributed by atoms with Gasteiger partial charge in [0.2, 0.25) is 0 Å². The van der Waals surface area contributed by atoms with Gasteiger partial charge < -0.3 is 10.0 Å². The Labute approximate surface area is 93.5 Å². The van der Waals surface area contributed by atoms with Crippen molar-refractivity contribution < 1.29 is 13.9 Å². The molecule has 1 N–H and O–H groups in total. The molecule has 1 atom stereocenters. The van der Waals surface area contributed by atoms with Crippen molar-refractivity contribution >= 4 is 5.69 Å². The van der Waals surface area contributed by atoms with E-state index in [1.807, 2.05) is 4.90 Å². The molecule has 1 unspecified atom stereocenters. The van der Waals surface area contributed by atoms with Crippen LogP contribution in [0.5, 0.6) is 0 Å². The first-order chi connectivity index (χ1) is 7.70. The number of anilines is 1. The van der Waals surface area contributed by atoms with Crippen LogP contribution in [0.15, 0.2) is 18.2 Å². The Balaban J connectivity index is 2.05. The molecule has 0 saturated carbocycles. The Kier molecular flexibility index (Phi) is 3.39. The Morgan fingerprint density at radius 3 is 2.81 bits per heavy atom. The number of aliphatic hydroxyl groups excluding tert-OH is 1. The van der Waals surface area contributed by atoms with Crippen LogP contribution in [0.1, 0.15) is 12.8 Å². The summed E-state index contributed by atoms with van der Waals surface area (Å²) < 4.78 is 25.8. The van der Waals surface area contributed by atoms with E-state index in [0.717, 1.165) is 37.7 Å². The van der Waals surface area contributed by atoms with Crippen molar-refractivity contribution in [2.24, 2.45) is 5.92 Å². The Morgan fingerprint density at radius 2 is 2.12 bits per heavy atom. The quantitative estimate of drug-likeness (QED) is 0.855. The molecular weight excluding hydrogens is 212 g/mol. The molecule has 88 valence electrons. The first-order valence-electron chi connectivity index (χ1n) is 5.51. The zero-order valence-electron chi connectivity index (χ0n) is 9.00. The number of rotatable bonds is 3. The molecule has 0 spiro atoms. The summed E-state index contributed by atoms with van der Waals surface area (Å²) in [4.78, 5) is 2.03. The zero-order valence-corrected chi connectivity index (χ0v) is 9.00. The lowest BCUT2D eigenvalue weighted by Gasteiger charge is -2.18. The Morgan fingerprint density at radius 1 is 1.31 bits per heavy atom. The van der Waals surface area contributed by atoms with Gasteiger partial charge in [0.15, 0.2) is 11.6 Å². The zero-order chi connectivity index (χ0) is 11.5. The average Bonchev–Trinajstić information content (AvgIpc) is 2.71. The molecule has 1 aromatic carbocycles. The summed E-state index contributed by atoms with van der Waals surface area (Å²) in [5.41, 5.74) is 0.722. The SMILES string of the molecule is OCCC1CCN(c2ccc(F)c(F)c2)C1. The van der Waals surface area contributed by atoms with Gasteiger partial charge in [0, 0.05) is 31.5 Å². The number of aliphatic hydroxyl groups is 1. The van der Waals surface area contributed by atoms with E-state index in [1.54, 1.807) is 6.07 Å². The highest BCUT2D eigenvalue weighted by Crippen LogP contribution is 2.26. The van der Waals surface area contributed by atoms with Crippen LogP contribution < -0.4 is 4.90 Å². The molecule has 1 aliphatic heterocycles. The van der Waals surface area contributed by atoms with Gasteiger partial charge in [-0.2, -0.15) is 0 Å². The minimum atomic E-state index is -0.810. The number of benzene rings is 1. The van der Waals surface area contributed by atoms with Crippen LogP contribution in [0.2, 0.25) is 0 Å². The summed E-state index contributed by atoms with van der Waals surface area (Å²) in [5, 5.41) is 8.84. The summed E-state index contributed by atoms with van der Waals surface area (Å²) in [6, 6.07) is 3.99. The summed E-state index contributed by atoms with van der Waals surface area (Å²) in [7, 11) is 0. The molecule has 0 aromatic heterocycles. The third-order valence-corrected chi connectivity index (χ3v) is 3.09. The smallest absolute Gasteiger partial charge is 0.160 e. The molecule has 1 heterocycles. The van der Waals surface area contributed by atoms with Gasteiger partial charge in [0.05, 0.1) is 0 Å². The molecular formula is C12H15F2NO. The third kappa shape index (κ3) is 2.32. The van der Waals surface area contributed by atoms with E-state index in [9.17, 15) is 8.78 Å². The van der Waals surface area contributed by atoms with E-state index in [4.69, 9.17) is 5.11 Å². The lowest BCUT2D eigenvalue weighted by atomic mass is 10.1. The predicted molar refractivity (Wildman–Crippen MR) is 58.4 cm³/mol. The lowest BCUT2D eigenvalue weighted by molar-refractivity contribution is 0.263. The number of hydrogen-bond donors (Lipinski definition) is 1. The molecule has 0 amide bonds. The molecule has 0 radical (unpaired) electrons. The summed E-state index contributed by atoms with van der Waals surface area (Å²) in [6.45, 7) is 1.84. The molecule has 1 saturated heterocycles. The van der Waals surface area contributed by atoms with Crippen LogP contribution in [-0.4, -0.2) is 24.8 Å². The highest BCUT2D eigenvalue weighted by molar-refractivity contribution is 5.47. The maximum atomic E-state index is 13.0. The minimum Gasteiger partial charge on any atom is -0.396 e. The van der Waals surface area contributed by atoms with Crippen molar-refractivity contribution in [2.75, 3.05) is 24.6 Å². The van der Waals surface area contributed by atoms with E-state index in [-0.39, 0.29) is 6.61 Å². The average molecular weight is 227 g/mol. The molecule has 0 aliphatic carbocycles. The van der Waals surface area contributed by atoms with E-state index in [2.05, 4.69) is 0 Å². The molecule has 16 heavy (non-hydrogen) atoms. The topological polar surface area (TPSA) is 23.5 Å². The predicted octanol–water partition coefficient (Wildman–Crippen LogP) is 2.17. The van der Waals surface area contributed by atoms with E-state index in [0.29, 0.717) is 5.92 Å². The summed E-state index contributed by atoms with van der Waals surface area (Å²) in [6.07, 6.45) is 1.78. The van der Waals surface area contributed by atoms with Crippen molar-refractivity contribution in [1.82, 2.24) is 0 Å². The normalized spacial score (nSPS) is 20.4. The maximum Gasteiger partial charge on any atom is 0.160 e. The second kappa shape index (κ2) is 4.78. The molecule has 0 bridgehead atoms. The van der Waals surface area contributed by atoms with E-state index >= 15 is 0 Å². The van der Waals surface area contributed by atoms with Crippen LogP contribution in [0.4, 0.5) is 14.5 Å². The Bertz CT molecular complexity index is 370. The van der Waals surface area contributed by atoms with Gasteiger partial charge >= 0.3 is 0 Å². The number of nitrogens with zero attached hydrogens (tertiary/aromatic N) is 1. The van der Waals surface area contributed by atoms with Gasteiger partial charge in [0.25, 0.3) is 0 Å².